The summed E-state index contributed by atoms with van der Waals surface area (Å²) in [6, 6.07) is 9.74. The Morgan fingerprint density at radius 2 is 2.00 bits per heavy atom. The number of quaternary nitrogens is 1. The summed E-state index contributed by atoms with van der Waals surface area (Å²) >= 11 is 0. The predicted octanol–water partition coefficient (Wildman–Crippen LogP) is 2.06. The summed E-state index contributed by atoms with van der Waals surface area (Å²) in [4.78, 5) is 21.3. The molecule has 2 aromatic rings. The van der Waals surface area contributed by atoms with Crippen molar-refractivity contribution in [3.05, 3.63) is 54.6 Å². The summed E-state index contributed by atoms with van der Waals surface area (Å²) in [7, 11) is 0. The molecule has 1 saturated heterocycles. The monoisotopic (exact) mass is 396 g/mol. The molecule has 1 fully saturated rings. The molecule has 0 saturated carbocycles. The minimum absolute atomic E-state index is 0.0279. The highest BCUT2D eigenvalue weighted by atomic mass is 16.5. The lowest BCUT2D eigenvalue weighted by molar-refractivity contribution is -0.907. The van der Waals surface area contributed by atoms with E-state index in [9.17, 15) is 4.79 Å². The average molecular weight is 397 g/mol. The first-order chi connectivity index (χ1) is 14.3. The molecule has 1 aromatic carbocycles. The Labute approximate surface area is 172 Å². The number of oxazole rings is 1. The minimum Gasteiger partial charge on any atom is -0.443 e. The Bertz CT molecular complexity index is 812. The van der Waals surface area contributed by atoms with Crippen molar-refractivity contribution in [3.8, 4) is 11.3 Å². The highest BCUT2D eigenvalue weighted by Crippen LogP contribution is 2.25. The van der Waals surface area contributed by atoms with Crippen molar-refractivity contribution in [2.75, 3.05) is 45.9 Å². The van der Waals surface area contributed by atoms with Crippen molar-refractivity contribution in [1.82, 2.24) is 9.88 Å². The van der Waals surface area contributed by atoms with Gasteiger partial charge in [0.15, 0.2) is 17.8 Å². The normalized spacial score (nSPS) is 19.9. The number of aromatic nitrogens is 1. The molecular weight excluding hydrogens is 366 g/mol. The first-order valence-corrected chi connectivity index (χ1v) is 10.7. The summed E-state index contributed by atoms with van der Waals surface area (Å²) < 4.78 is 11.1. The van der Waals surface area contributed by atoms with Gasteiger partial charge in [-0.15, -0.1) is 0 Å². The number of nitrogens with zero attached hydrogens (tertiary/aromatic N) is 2. The zero-order valence-corrected chi connectivity index (χ0v) is 16.9. The van der Waals surface area contributed by atoms with Gasteiger partial charge >= 0.3 is 0 Å². The van der Waals surface area contributed by atoms with Crippen molar-refractivity contribution >= 4 is 5.91 Å². The van der Waals surface area contributed by atoms with Crippen LogP contribution in [-0.4, -0.2) is 61.7 Å². The molecule has 0 radical (unpaired) electrons. The van der Waals surface area contributed by atoms with E-state index in [0.29, 0.717) is 17.4 Å². The molecular formula is C23H30N3O3+. The van der Waals surface area contributed by atoms with E-state index in [2.05, 4.69) is 17.1 Å². The summed E-state index contributed by atoms with van der Waals surface area (Å²) in [5, 5.41) is 0. The van der Waals surface area contributed by atoms with E-state index in [4.69, 9.17) is 9.15 Å². The number of ether oxygens (including phenoxy) is 1. The van der Waals surface area contributed by atoms with Crippen molar-refractivity contribution in [3.63, 3.8) is 0 Å². The van der Waals surface area contributed by atoms with E-state index in [-0.39, 0.29) is 5.91 Å². The van der Waals surface area contributed by atoms with Crippen LogP contribution >= 0.6 is 0 Å². The third kappa shape index (κ3) is 5.14. The number of benzene rings is 1. The van der Waals surface area contributed by atoms with Gasteiger partial charge in [0.05, 0.1) is 26.3 Å². The van der Waals surface area contributed by atoms with Gasteiger partial charge in [-0.05, 0) is 25.2 Å². The highest BCUT2D eigenvalue weighted by Gasteiger charge is 2.27. The molecule has 1 aromatic heterocycles. The molecule has 1 aliphatic heterocycles. The number of carbonyl (C=O) groups excluding carboxylic acids is 1. The van der Waals surface area contributed by atoms with Gasteiger partial charge in [0.25, 0.3) is 5.91 Å². The van der Waals surface area contributed by atoms with E-state index in [0.717, 1.165) is 70.8 Å². The van der Waals surface area contributed by atoms with Crippen LogP contribution in [0.2, 0.25) is 0 Å². The number of morpholine rings is 1. The van der Waals surface area contributed by atoms with Gasteiger partial charge < -0.3 is 19.0 Å². The number of nitrogens with one attached hydrogen (secondary N) is 1. The van der Waals surface area contributed by atoms with Crippen LogP contribution in [0, 0.1) is 5.92 Å². The largest absolute Gasteiger partial charge is 0.443 e. The Morgan fingerprint density at radius 1 is 1.17 bits per heavy atom. The first kappa shape index (κ1) is 19.9. The Morgan fingerprint density at radius 3 is 2.76 bits per heavy atom. The number of carbonyl (C=O) groups is 1. The fourth-order valence-electron chi connectivity index (χ4n) is 4.16. The number of allylic oxidation sites excluding steroid dienone is 2. The van der Waals surface area contributed by atoms with E-state index in [1.165, 1.54) is 11.3 Å². The minimum atomic E-state index is -0.0279. The summed E-state index contributed by atoms with van der Waals surface area (Å²) in [6.45, 7) is 6.07. The molecule has 1 aliphatic carbocycles. The molecule has 1 N–H and O–H groups in total. The second kappa shape index (κ2) is 9.85. The van der Waals surface area contributed by atoms with Crippen molar-refractivity contribution < 1.29 is 18.8 Å². The van der Waals surface area contributed by atoms with Crippen molar-refractivity contribution in [2.24, 2.45) is 5.92 Å². The lowest BCUT2D eigenvalue weighted by Gasteiger charge is -2.30. The molecule has 29 heavy (non-hydrogen) atoms. The summed E-state index contributed by atoms with van der Waals surface area (Å²) in [6.07, 6.45) is 9.14. The van der Waals surface area contributed by atoms with E-state index in [1.807, 2.05) is 35.2 Å². The Hall–Kier alpha value is -2.44. The summed E-state index contributed by atoms with van der Waals surface area (Å²) in [5.41, 5.74) is 1.30. The van der Waals surface area contributed by atoms with Crippen LogP contribution in [0.3, 0.4) is 0 Å². The van der Waals surface area contributed by atoms with Gasteiger partial charge in [-0.2, -0.15) is 0 Å². The molecule has 0 bridgehead atoms. The molecule has 0 unspecified atom stereocenters. The number of hydrogen-bond acceptors (Lipinski definition) is 4. The van der Waals surface area contributed by atoms with Gasteiger partial charge in [0.1, 0.15) is 13.1 Å². The second-order valence-electron chi connectivity index (χ2n) is 7.91. The maximum Gasteiger partial charge on any atom is 0.276 e. The second-order valence-corrected chi connectivity index (χ2v) is 7.91. The molecule has 0 spiro atoms. The molecule has 1 amide bonds. The zero-order chi connectivity index (χ0) is 19.9. The van der Waals surface area contributed by atoms with Gasteiger partial charge in [0, 0.05) is 12.1 Å². The van der Waals surface area contributed by atoms with Crippen molar-refractivity contribution in [1.29, 1.82) is 0 Å². The predicted molar refractivity (Wildman–Crippen MR) is 111 cm³/mol. The van der Waals surface area contributed by atoms with Crippen LogP contribution in [0.5, 0.6) is 0 Å². The molecule has 1 atom stereocenters. The smallest absolute Gasteiger partial charge is 0.276 e. The summed E-state index contributed by atoms with van der Waals surface area (Å²) in [5.74, 6) is 1.04. The molecule has 2 heterocycles. The molecule has 2 aliphatic rings. The lowest BCUT2D eigenvalue weighted by atomic mass is 9.93. The lowest BCUT2D eigenvalue weighted by Crippen LogP contribution is -3.14. The number of hydrogen-bond donors (Lipinski definition) is 1. The molecule has 154 valence electrons. The van der Waals surface area contributed by atoms with E-state index in [1.54, 1.807) is 0 Å². The molecule has 4 rings (SSSR count). The van der Waals surface area contributed by atoms with Crippen LogP contribution in [0.4, 0.5) is 0 Å². The Balaban J connectivity index is 1.50. The van der Waals surface area contributed by atoms with Gasteiger partial charge in [-0.3, -0.25) is 4.79 Å². The molecule has 6 heteroatoms. The quantitative estimate of drug-likeness (QED) is 0.728. The topological polar surface area (TPSA) is 60.0 Å². The third-order valence-corrected chi connectivity index (χ3v) is 5.88. The van der Waals surface area contributed by atoms with Gasteiger partial charge in [-0.25, -0.2) is 4.98 Å². The number of amides is 1. The zero-order valence-electron chi connectivity index (χ0n) is 16.9. The van der Waals surface area contributed by atoms with Crippen LogP contribution < -0.4 is 4.90 Å². The fraction of sp³-hybridized carbons (Fsp3) is 0.478. The van der Waals surface area contributed by atoms with Crippen LogP contribution in [0.15, 0.2) is 53.3 Å². The Kier molecular flexibility index (Phi) is 6.75. The van der Waals surface area contributed by atoms with Gasteiger partial charge in [0.2, 0.25) is 0 Å². The average Bonchev–Trinajstić information content (AvgIpc) is 3.28. The highest BCUT2D eigenvalue weighted by molar-refractivity contribution is 5.97. The van der Waals surface area contributed by atoms with E-state index >= 15 is 0 Å². The molecule has 6 nitrogen and oxygen atoms in total. The maximum atomic E-state index is 13.5. The van der Waals surface area contributed by atoms with Crippen molar-refractivity contribution in [2.45, 2.75) is 19.3 Å². The van der Waals surface area contributed by atoms with Gasteiger partial charge in [-0.1, -0.05) is 42.5 Å². The fourth-order valence-corrected chi connectivity index (χ4v) is 4.16. The number of rotatable bonds is 7. The van der Waals surface area contributed by atoms with Crippen LogP contribution in [0.25, 0.3) is 11.3 Å². The van der Waals surface area contributed by atoms with Crippen LogP contribution in [-0.2, 0) is 4.74 Å². The first-order valence-electron chi connectivity index (χ1n) is 10.7. The van der Waals surface area contributed by atoms with E-state index < -0.39 is 0 Å². The standard InChI is InChI=1S/C23H29N3O3/c27-23(21-22(29-18-24-21)20-9-5-2-6-10-20)26(17-19-7-3-1-4-8-19)12-11-25-13-15-28-16-14-25/h1-3,5-6,9-10,18-19H,4,7-8,11-17H2/p+1/t19-/m0/s1. The third-order valence-electron chi connectivity index (χ3n) is 5.88. The SMILES string of the molecule is O=C(c1ncoc1-c1ccccc1)N(CC[NH+]1CCOCC1)C[C@H]1CC=CCC1. The maximum absolute atomic E-state index is 13.5. The van der Waals surface area contributed by atoms with Crippen LogP contribution in [0.1, 0.15) is 29.8 Å².